The lowest BCUT2D eigenvalue weighted by Gasteiger charge is -2.14. The summed E-state index contributed by atoms with van der Waals surface area (Å²) < 4.78 is 5.34. The van der Waals surface area contributed by atoms with Gasteiger partial charge in [-0.1, -0.05) is 19.1 Å². The molecule has 0 fully saturated rings. The van der Waals surface area contributed by atoms with Gasteiger partial charge in [-0.15, -0.1) is 0 Å². The van der Waals surface area contributed by atoms with Crippen LogP contribution in [0.5, 0.6) is 5.75 Å². The fourth-order valence-corrected chi connectivity index (χ4v) is 1.57. The molecule has 0 spiro atoms. The molecule has 1 unspecified atom stereocenters. The number of hydrogen-bond acceptors (Lipinski definition) is 3. The van der Waals surface area contributed by atoms with Crippen molar-refractivity contribution >= 4 is 6.03 Å². The summed E-state index contributed by atoms with van der Waals surface area (Å²) in [5, 5.41) is 14.4. The lowest BCUT2D eigenvalue weighted by molar-refractivity contribution is 0.214. The van der Waals surface area contributed by atoms with Crippen LogP contribution in [-0.2, 0) is 6.54 Å². The van der Waals surface area contributed by atoms with Crippen molar-refractivity contribution in [1.29, 1.82) is 0 Å². The van der Waals surface area contributed by atoms with Gasteiger partial charge in [-0.05, 0) is 31.0 Å². The molecule has 19 heavy (non-hydrogen) atoms. The normalized spacial score (nSPS) is 11.7. The zero-order valence-electron chi connectivity index (χ0n) is 11.5. The number of carbonyl (C=O) groups excluding carboxylic acids is 1. The Hall–Kier alpha value is -1.75. The molecule has 2 amide bonds. The monoisotopic (exact) mass is 266 g/mol. The molecule has 1 atom stereocenters. The van der Waals surface area contributed by atoms with Gasteiger partial charge in [0, 0.05) is 6.54 Å². The van der Waals surface area contributed by atoms with Gasteiger partial charge < -0.3 is 20.5 Å². The maximum Gasteiger partial charge on any atom is 0.315 e. The Balaban J connectivity index is 2.37. The van der Waals surface area contributed by atoms with Crippen LogP contribution in [-0.4, -0.2) is 30.4 Å². The van der Waals surface area contributed by atoms with Crippen LogP contribution in [0.2, 0.25) is 0 Å². The summed E-state index contributed by atoms with van der Waals surface area (Å²) >= 11 is 0. The first-order chi connectivity index (χ1) is 9.19. The zero-order chi connectivity index (χ0) is 14.1. The van der Waals surface area contributed by atoms with Crippen LogP contribution in [0, 0.1) is 0 Å². The third-order valence-corrected chi connectivity index (χ3v) is 2.74. The van der Waals surface area contributed by atoms with Gasteiger partial charge in [-0.2, -0.15) is 0 Å². The van der Waals surface area contributed by atoms with Gasteiger partial charge in [-0.25, -0.2) is 4.79 Å². The molecule has 1 aromatic rings. The van der Waals surface area contributed by atoms with Crippen molar-refractivity contribution in [3.05, 3.63) is 29.8 Å². The van der Waals surface area contributed by atoms with Gasteiger partial charge in [0.1, 0.15) is 5.75 Å². The van der Waals surface area contributed by atoms with Gasteiger partial charge >= 0.3 is 6.03 Å². The van der Waals surface area contributed by atoms with Crippen molar-refractivity contribution < 1.29 is 14.6 Å². The minimum absolute atomic E-state index is 0.0486. The number of aliphatic hydroxyl groups excluding tert-OH is 1. The molecule has 5 nitrogen and oxygen atoms in total. The number of carbonyl (C=O) groups is 1. The second kappa shape index (κ2) is 8.37. The van der Waals surface area contributed by atoms with E-state index in [1.54, 1.807) is 0 Å². The van der Waals surface area contributed by atoms with E-state index in [0.717, 1.165) is 11.3 Å². The van der Waals surface area contributed by atoms with Crippen molar-refractivity contribution in [3.63, 3.8) is 0 Å². The van der Waals surface area contributed by atoms with Gasteiger partial charge in [0.2, 0.25) is 0 Å². The molecule has 3 N–H and O–H groups in total. The number of amides is 2. The van der Waals surface area contributed by atoms with E-state index in [2.05, 4.69) is 10.6 Å². The predicted molar refractivity (Wildman–Crippen MR) is 74.1 cm³/mol. The maximum absolute atomic E-state index is 11.6. The molecule has 0 radical (unpaired) electrons. The Labute approximate surface area is 114 Å². The van der Waals surface area contributed by atoms with Crippen LogP contribution in [0.4, 0.5) is 4.79 Å². The Morgan fingerprint density at radius 2 is 2.00 bits per heavy atom. The third-order valence-electron chi connectivity index (χ3n) is 2.74. The molecule has 0 heterocycles. The number of ether oxygens (including phenoxy) is 1. The smallest absolute Gasteiger partial charge is 0.315 e. The van der Waals surface area contributed by atoms with E-state index >= 15 is 0 Å². The van der Waals surface area contributed by atoms with E-state index in [1.165, 1.54) is 0 Å². The Morgan fingerprint density at radius 3 is 2.53 bits per heavy atom. The molecule has 1 rings (SSSR count). The molecule has 5 heteroatoms. The summed E-state index contributed by atoms with van der Waals surface area (Å²) in [6.07, 6.45) is 0.701. The van der Waals surface area contributed by atoms with Crippen molar-refractivity contribution in [1.82, 2.24) is 10.6 Å². The Kier molecular flexibility index (Phi) is 6.74. The topological polar surface area (TPSA) is 70.6 Å². The standard InChI is InChI=1S/C14H22N2O3/c1-3-12(10-17)16-14(18)15-9-11-5-7-13(8-6-11)19-4-2/h5-8,12,17H,3-4,9-10H2,1-2H3,(H2,15,16,18). The van der Waals surface area contributed by atoms with Crippen LogP contribution in [0.15, 0.2) is 24.3 Å². The third kappa shape index (κ3) is 5.61. The summed E-state index contributed by atoms with van der Waals surface area (Å²) in [6, 6.07) is 7.11. The zero-order valence-corrected chi connectivity index (χ0v) is 11.5. The van der Waals surface area contributed by atoms with Crippen molar-refractivity contribution in [3.8, 4) is 5.75 Å². The molecule has 0 aliphatic heterocycles. The quantitative estimate of drug-likeness (QED) is 0.703. The highest BCUT2D eigenvalue weighted by atomic mass is 16.5. The Morgan fingerprint density at radius 1 is 1.32 bits per heavy atom. The lowest BCUT2D eigenvalue weighted by atomic mass is 10.2. The van der Waals surface area contributed by atoms with Crippen LogP contribution in [0.1, 0.15) is 25.8 Å². The number of benzene rings is 1. The van der Waals surface area contributed by atoms with Gasteiger partial charge in [0.05, 0.1) is 19.3 Å². The molecular weight excluding hydrogens is 244 g/mol. The summed E-state index contributed by atoms with van der Waals surface area (Å²) in [6.45, 7) is 4.88. The maximum atomic E-state index is 11.6. The minimum Gasteiger partial charge on any atom is -0.494 e. The molecule has 0 bridgehead atoms. The number of urea groups is 1. The van der Waals surface area contributed by atoms with Gasteiger partial charge in [0.15, 0.2) is 0 Å². The second-order valence-electron chi connectivity index (χ2n) is 4.19. The van der Waals surface area contributed by atoms with Gasteiger partial charge in [0.25, 0.3) is 0 Å². The SMILES string of the molecule is CCOc1ccc(CNC(=O)NC(CC)CO)cc1. The summed E-state index contributed by atoms with van der Waals surface area (Å²) in [4.78, 5) is 11.6. The molecule has 0 aromatic heterocycles. The van der Waals surface area contributed by atoms with E-state index < -0.39 is 0 Å². The Bertz CT molecular complexity index is 375. The number of rotatable bonds is 7. The van der Waals surface area contributed by atoms with Crippen LogP contribution < -0.4 is 15.4 Å². The average molecular weight is 266 g/mol. The number of nitrogens with one attached hydrogen (secondary N) is 2. The molecular formula is C14H22N2O3. The minimum atomic E-state index is -0.269. The molecule has 0 aliphatic carbocycles. The average Bonchev–Trinajstić information content (AvgIpc) is 2.44. The molecule has 0 saturated carbocycles. The van der Waals surface area contributed by atoms with E-state index in [4.69, 9.17) is 9.84 Å². The molecule has 0 saturated heterocycles. The van der Waals surface area contributed by atoms with E-state index in [0.29, 0.717) is 19.6 Å². The van der Waals surface area contributed by atoms with Crippen LogP contribution in [0.25, 0.3) is 0 Å². The van der Waals surface area contributed by atoms with Gasteiger partial charge in [-0.3, -0.25) is 0 Å². The number of hydrogen-bond donors (Lipinski definition) is 3. The fourth-order valence-electron chi connectivity index (χ4n) is 1.57. The summed E-state index contributed by atoms with van der Waals surface area (Å²) in [5.74, 6) is 0.821. The second-order valence-corrected chi connectivity index (χ2v) is 4.19. The van der Waals surface area contributed by atoms with E-state index in [9.17, 15) is 4.79 Å². The fraction of sp³-hybridized carbons (Fsp3) is 0.500. The van der Waals surface area contributed by atoms with Crippen molar-refractivity contribution in [2.75, 3.05) is 13.2 Å². The van der Waals surface area contributed by atoms with E-state index in [-0.39, 0.29) is 18.7 Å². The summed E-state index contributed by atoms with van der Waals surface area (Å²) in [5.41, 5.74) is 0.996. The molecule has 106 valence electrons. The number of aliphatic hydroxyl groups is 1. The first kappa shape index (κ1) is 15.3. The lowest BCUT2D eigenvalue weighted by Crippen LogP contribution is -2.43. The van der Waals surface area contributed by atoms with Crippen molar-refractivity contribution in [2.45, 2.75) is 32.9 Å². The molecule has 0 aliphatic rings. The van der Waals surface area contributed by atoms with Crippen LogP contribution in [0.3, 0.4) is 0 Å². The molecule has 1 aromatic carbocycles. The van der Waals surface area contributed by atoms with E-state index in [1.807, 2.05) is 38.1 Å². The highest BCUT2D eigenvalue weighted by Crippen LogP contribution is 2.11. The first-order valence-electron chi connectivity index (χ1n) is 6.56. The predicted octanol–water partition coefficient (Wildman–Crippen LogP) is 1.66. The first-order valence-corrected chi connectivity index (χ1v) is 6.56. The largest absolute Gasteiger partial charge is 0.494 e. The van der Waals surface area contributed by atoms with Crippen LogP contribution >= 0.6 is 0 Å². The van der Waals surface area contributed by atoms with Crippen molar-refractivity contribution in [2.24, 2.45) is 0 Å². The highest BCUT2D eigenvalue weighted by Gasteiger charge is 2.08. The highest BCUT2D eigenvalue weighted by molar-refractivity contribution is 5.74. The summed E-state index contributed by atoms with van der Waals surface area (Å²) in [7, 11) is 0.